The number of hydrogen-bond donors (Lipinski definition) is 2. The van der Waals surface area contributed by atoms with Crippen LogP contribution >= 0.6 is 0 Å². The molecule has 234 valence electrons. The van der Waals surface area contributed by atoms with Crippen LogP contribution < -0.4 is 19.8 Å². The molecule has 1 amide bonds. The van der Waals surface area contributed by atoms with Crippen molar-refractivity contribution in [1.82, 2.24) is 9.97 Å². The number of alkyl halides is 2. The summed E-state index contributed by atoms with van der Waals surface area (Å²) in [6.07, 6.45) is 3.38. The van der Waals surface area contributed by atoms with Crippen LogP contribution in [-0.2, 0) is 19.6 Å². The van der Waals surface area contributed by atoms with Crippen LogP contribution in [0.5, 0.6) is 0 Å². The number of hydrogen-bond acceptors (Lipinski definition) is 9. The topological polar surface area (TPSA) is 134 Å². The molecule has 1 spiro atoms. The molecule has 5 rings (SSSR count). The minimum Gasteiger partial charge on any atom is -0.468 e. The Morgan fingerprint density at radius 1 is 0.977 bits per heavy atom. The van der Waals surface area contributed by atoms with Crippen molar-refractivity contribution in [3.63, 3.8) is 0 Å². The molecule has 1 aliphatic carbocycles. The smallest absolute Gasteiger partial charge is 0.325 e. The predicted octanol–water partition coefficient (Wildman–Crippen LogP) is 4.10. The molecule has 1 atom stereocenters. The zero-order valence-electron chi connectivity index (χ0n) is 24.3. The molecule has 0 radical (unpaired) electrons. The quantitative estimate of drug-likeness (QED) is 0.417. The minimum absolute atomic E-state index is 0.0383. The van der Waals surface area contributed by atoms with Crippen LogP contribution in [0.25, 0.3) is 0 Å². The van der Waals surface area contributed by atoms with Gasteiger partial charge in [-0.1, -0.05) is 0 Å². The Labute approximate surface area is 248 Å². The maximum Gasteiger partial charge on any atom is 0.325 e. The Kier molecular flexibility index (Phi) is 8.22. The zero-order valence-corrected chi connectivity index (χ0v) is 25.1. The average molecular weight is 625 g/mol. The van der Waals surface area contributed by atoms with Crippen molar-refractivity contribution >= 4 is 45.0 Å². The van der Waals surface area contributed by atoms with E-state index in [-0.39, 0.29) is 43.3 Å². The Hall–Kier alpha value is -3.62. The van der Waals surface area contributed by atoms with E-state index >= 15 is 4.39 Å². The molecule has 3 aliphatic rings. The monoisotopic (exact) mass is 624 g/mol. The van der Waals surface area contributed by atoms with Crippen LogP contribution in [-0.4, -0.2) is 74.7 Å². The number of ether oxygens (including phenoxy) is 1. The summed E-state index contributed by atoms with van der Waals surface area (Å²) in [6.45, 7) is 4.10. The molecule has 0 bridgehead atoms. The van der Waals surface area contributed by atoms with Crippen LogP contribution in [0.15, 0.2) is 18.2 Å². The second kappa shape index (κ2) is 11.5. The first-order valence-corrected chi connectivity index (χ1v) is 15.7. The number of nitrogens with zero attached hydrogens (tertiary/aromatic N) is 4. The molecule has 1 saturated carbocycles. The van der Waals surface area contributed by atoms with Crippen molar-refractivity contribution in [2.24, 2.45) is 5.41 Å². The molecule has 2 saturated heterocycles. The van der Waals surface area contributed by atoms with Gasteiger partial charge in [0.05, 0.1) is 24.0 Å². The molecule has 2 aromatic rings. The lowest BCUT2D eigenvalue weighted by atomic mass is 9.93. The summed E-state index contributed by atoms with van der Waals surface area (Å²) < 4.78 is 75.0. The van der Waals surface area contributed by atoms with E-state index in [1.54, 1.807) is 11.8 Å². The predicted molar refractivity (Wildman–Crippen MR) is 155 cm³/mol. The lowest BCUT2D eigenvalue weighted by molar-refractivity contribution is -0.139. The van der Waals surface area contributed by atoms with E-state index in [0.29, 0.717) is 29.9 Å². The summed E-state index contributed by atoms with van der Waals surface area (Å²) in [6, 6.07) is 3.74. The number of carbonyl (C=O) groups excluding carboxylic acids is 2. The lowest BCUT2D eigenvalue weighted by Crippen LogP contribution is -2.40. The van der Waals surface area contributed by atoms with Crippen LogP contribution in [0.3, 0.4) is 0 Å². The highest BCUT2D eigenvalue weighted by Crippen LogP contribution is 2.54. The number of halogens is 3. The van der Waals surface area contributed by atoms with Crippen LogP contribution in [0, 0.1) is 18.2 Å². The van der Waals surface area contributed by atoms with Gasteiger partial charge in [0.1, 0.15) is 11.6 Å². The molecule has 3 fully saturated rings. The number of piperidine rings is 2. The minimum atomic E-state index is -4.36. The highest BCUT2D eigenvalue weighted by atomic mass is 32.2. The van der Waals surface area contributed by atoms with Crippen molar-refractivity contribution in [1.29, 1.82) is 0 Å². The number of sulfonamides is 1. The van der Waals surface area contributed by atoms with Gasteiger partial charge in [-0.3, -0.25) is 14.3 Å². The van der Waals surface area contributed by atoms with Gasteiger partial charge in [-0.15, -0.1) is 0 Å². The van der Waals surface area contributed by atoms with E-state index in [2.05, 4.69) is 24.7 Å². The van der Waals surface area contributed by atoms with Gasteiger partial charge in [-0.2, -0.15) is 4.98 Å². The maximum absolute atomic E-state index is 15.4. The number of aromatic nitrogens is 2. The molecule has 15 heteroatoms. The molecule has 1 unspecified atom stereocenters. The summed E-state index contributed by atoms with van der Waals surface area (Å²) >= 11 is 0. The van der Waals surface area contributed by atoms with E-state index in [4.69, 9.17) is 0 Å². The normalized spacial score (nSPS) is 20.0. The van der Waals surface area contributed by atoms with Gasteiger partial charge in [-0.05, 0) is 57.1 Å². The third kappa shape index (κ3) is 6.81. The summed E-state index contributed by atoms with van der Waals surface area (Å²) in [7, 11) is -3.31. The highest BCUT2D eigenvalue weighted by Gasteiger charge is 2.45. The number of esters is 1. The molecule has 2 aliphatic heterocycles. The zero-order chi connectivity index (χ0) is 31.2. The Morgan fingerprint density at radius 3 is 2.21 bits per heavy atom. The van der Waals surface area contributed by atoms with Gasteiger partial charge in [0.25, 0.3) is 11.8 Å². The van der Waals surface area contributed by atoms with E-state index in [1.165, 1.54) is 12.1 Å². The van der Waals surface area contributed by atoms with E-state index < -0.39 is 44.6 Å². The molecular formula is C28H35F3N6O5S. The largest absolute Gasteiger partial charge is 0.468 e. The molecule has 43 heavy (non-hydrogen) atoms. The van der Waals surface area contributed by atoms with Crippen molar-refractivity contribution in [2.75, 3.05) is 53.1 Å². The molecule has 11 nitrogen and oxygen atoms in total. The first kappa shape index (κ1) is 30.8. The Morgan fingerprint density at radius 2 is 1.60 bits per heavy atom. The molecule has 2 N–H and O–H groups in total. The van der Waals surface area contributed by atoms with Gasteiger partial charge in [0.2, 0.25) is 16.0 Å². The average Bonchev–Trinajstić information content (AvgIpc) is 3.71. The second-order valence-electron chi connectivity index (χ2n) is 11.6. The summed E-state index contributed by atoms with van der Waals surface area (Å²) in [5.41, 5.74) is 0.674. The second-order valence-corrected chi connectivity index (χ2v) is 13.6. The van der Waals surface area contributed by atoms with Gasteiger partial charge < -0.3 is 19.9 Å². The summed E-state index contributed by atoms with van der Waals surface area (Å²) in [5.74, 6) is -5.14. The van der Waals surface area contributed by atoms with Gasteiger partial charge in [0, 0.05) is 50.8 Å². The van der Waals surface area contributed by atoms with E-state index in [1.807, 2.05) is 4.90 Å². The van der Waals surface area contributed by atoms with Crippen LogP contribution in [0.1, 0.15) is 61.5 Å². The number of aryl methyl sites for hydroxylation is 1. The molecule has 3 heterocycles. The number of rotatable bonds is 8. The Balaban J connectivity index is 1.43. The van der Waals surface area contributed by atoms with E-state index in [0.717, 1.165) is 45.8 Å². The number of carbonyl (C=O) groups is 2. The number of amides is 1. The lowest BCUT2D eigenvalue weighted by Gasteiger charge is -2.35. The van der Waals surface area contributed by atoms with Crippen molar-refractivity contribution in [2.45, 2.75) is 63.5 Å². The SMILES string of the molecule is COC(=O)C(C)S(=O)(=O)Nc1cc(N2CCC3(CC2)CC3)c(C(=O)Nc2cc(C)nc(N3CCC(F)(F)CC3)n2)cc1F. The maximum atomic E-state index is 15.4. The number of benzene rings is 1. The van der Waals surface area contributed by atoms with Crippen LogP contribution in [0.2, 0.25) is 0 Å². The Bertz CT molecular complexity index is 1510. The van der Waals surface area contributed by atoms with Crippen LogP contribution in [0.4, 0.5) is 36.3 Å². The van der Waals surface area contributed by atoms with Gasteiger partial charge in [-0.25, -0.2) is 26.6 Å². The first-order valence-electron chi connectivity index (χ1n) is 14.2. The molecular weight excluding hydrogens is 589 g/mol. The number of nitrogens with one attached hydrogen (secondary N) is 2. The standard InChI is InChI=1S/C28H35F3N6O5S/c1-17-14-23(34-26(32-17)37-12-8-28(30,31)9-13-37)33-24(38)19-15-20(29)21(35-43(40,41)18(2)25(39)42-3)16-22(19)36-10-6-27(4-5-27)7-11-36/h14-16,18,35H,4-13H2,1-3H3,(H,32,33,34,38). The molecule has 1 aromatic heterocycles. The number of methoxy groups -OCH3 is 1. The summed E-state index contributed by atoms with van der Waals surface area (Å²) in [5, 5.41) is 1.08. The number of anilines is 4. The third-order valence-corrected chi connectivity index (χ3v) is 10.2. The highest BCUT2D eigenvalue weighted by molar-refractivity contribution is 7.94. The molecule has 1 aromatic carbocycles. The van der Waals surface area contributed by atoms with Gasteiger partial charge >= 0.3 is 5.97 Å². The van der Waals surface area contributed by atoms with E-state index in [9.17, 15) is 26.8 Å². The third-order valence-electron chi connectivity index (χ3n) is 8.56. The van der Waals surface area contributed by atoms with Crippen molar-refractivity contribution < 1.29 is 35.9 Å². The van der Waals surface area contributed by atoms with Crippen molar-refractivity contribution in [3.05, 3.63) is 35.3 Å². The van der Waals surface area contributed by atoms with Gasteiger partial charge in [0.15, 0.2) is 5.25 Å². The fourth-order valence-corrected chi connectivity index (χ4v) is 6.48. The first-order chi connectivity index (χ1) is 20.2. The van der Waals surface area contributed by atoms with Crippen molar-refractivity contribution in [3.8, 4) is 0 Å². The summed E-state index contributed by atoms with van der Waals surface area (Å²) in [4.78, 5) is 37.7. The fourth-order valence-electron chi connectivity index (χ4n) is 5.49. The fraction of sp³-hybridized carbons (Fsp3) is 0.571.